The molecule has 0 amide bonds. The quantitative estimate of drug-likeness (QED) is 0.818. The zero-order chi connectivity index (χ0) is 13.9. The van der Waals surface area contributed by atoms with E-state index in [1.165, 1.54) is 12.8 Å². The summed E-state index contributed by atoms with van der Waals surface area (Å²) in [6.45, 7) is 1.95. The van der Waals surface area contributed by atoms with Crippen molar-refractivity contribution in [3.63, 3.8) is 0 Å². The minimum atomic E-state index is 0.188. The number of likely N-dealkylation sites (N-methyl/N-ethyl adjacent to an activating group) is 1. The predicted octanol–water partition coefficient (Wildman–Crippen LogP) is 0.146. The fourth-order valence-corrected chi connectivity index (χ4v) is 2.40. The Balaban J connectivity index is 1.73. The van der Waals surface area contributed by atoms with Crippen molar-refractivity contribution < 1.29 is 0 Å². The summed E-state index contributed by atoms with van der Waals surface area (Å²) in [6, 6.07) is 2.32. The maximum absolute atomic E-state index is 5.72. The van der Waals surface area contributed by atoms with Crippen LogP contribution in [0.5, 0.6) is 0 Å². The van der Waals surface area contributed by atoms with Crippen LogP contribution < -0.4 is 11.1 Å². The molecule has 0 aliphatic carbocycles. The maximum atomic E-state index is 5.72. The normalized spacial score (nSPS) is 19.4. The lowest BCUT2D eigenvalue weighted by atomic mass is 10.2. The van der Waals surface area contributed by atoms with Crippen molar-refractivity contribution in [1.82, 2.24) is 29.6 Å². The Kier molecular flexibility index (Phi) is 3.46. The monoisotopic (exact) mass is 274 g/mol. The highest BCUT2D eigenvalue weighted by atomic mass is 15.4. The molecule has 3 rings (SSSR count). The van der Waals surface area contributed by atoms with Gasteiger partial charge < -0.3 is 16.0 Å². The summed E-state index contributed by atoms with van der Waals surface area (Å²) in [5.41, 5.74) is 5.72. The fraction of sp³-hybridized carbons (Fsp3) is 0.500. The average Bonchev–Trinajstić information content (AvgIpc) is 3.07. The minimum absolute atomic E-state index is 0.188. The first-order valence-corrected chi connectivity index (χ1v) is 6.68. The van der Waals surface area contributed by atoms with Gasteiger partial charge in [0.1, 0.15) is 0 Å². The summed E-state index contributed by atoms with van der Waals surface area (Å²) in [4.78, 5) is 14.9. The molecular weight excluding hydrogens is 256 g/mol. The number of rotatable bonds is 4. The number of anilines is 2. The van der Waals surface area contributed by atoms with Gasteiger partial charge in [-0.1, -0.05) is 0 Å². The van der Waals surface area contributed by atoms with E-state index in [0.717, 1.165) is 13.1 Å². The number of nitrogens with two attached hydrogens (primary N) is 1. The van der Waals surface area contributed by atoms with Crippen molar-refractivity contribution >= 4 is 11.9 Å². The van der Waals surface area contributed by atoms with E-state index in [-0.39, 0.29) is 5.95 Å². The standard InChI is InChI=1S/C12H18N8/c1-19-6-2-4-9(19)8-14-11-16-10(13)17-12(18-11)20-7-3-5-15-20/h3,5,7,9H,2,4,6,8H2,1H3,(H3,13,14,16,17,18). The minimum Gasteiger partial charge on any atom is -0.368 e. The molecule has 0 saturated carbocycles. The highest BCUT2D eigenvalue weighted by Crippen LogP contribution is 2.15. The number of nitrogens with one attached hydrogen (secondary N) is 1. The van der Waals surface area contributed by atoms with Crippen LogP contribution in [0, 0.1) is 0 Å². The van der Waals surface area contributed by atoms with Crippen LogP contribution in [-0.4, -0.2) is 55.8 Å². The maximum Gasteiger partial charge on any atom is 0.257 e. The molecule has 0 radical (unpaired) electrons. The van der Waals surface area contributed by atoms with Crippen LogP contribution >= 0.6 is 0 Å². The van der Waals surface area contributed by atoms with Gasteiger partial charge in [-0.2, -0.15) is 20.1 Å². The van der Waals surface area contributed by atoms with Crippen LogP contribution in [0.3, 0.4) is 0 Å². The lowest BCUT2D eigenvalue weighted by Gasteiger charge is -2.19. The van der Waals surface area contributed by atoms with Crippen LogP contribution in [0.1, 0.15) is 12.8 Å². The summed E-state index contributed by atoms with van der Waals surface area (Å²) in [5, 5.41) is 7.33. The third kappa shape index (κ3) is 2.69. The zero-order valence-electron chi connectivity index (χ0n) is 11.4. The highest BCUT2D eigenvalue weighted by Gasteiger charge is 2.20. The summed E-state index contributed by atoms with van der Waals surface area (Å²) < 4.78 is 1.56. The molecule has 8 nitrogen and oxygen atoms in total. The molecule has 3 heterocycles. The summed E-state index contributed by atoms with van der Waals surface area (Å²) in [5.74, 6) is 1.10. The Labute approximate surface area is 117 Å². The van der Waals surface area contributed by atoms with E-state index < -0.39 is 0 Å². The van der Waals surface area contributed by atoms with Crippen LogP contribution in [0.4, 0.5) is 11.9 Å². The van der Waals surface area contributed by atoms with E-state index in [1.807, 2.05) is 0 Å². The molecule has 1 atom stereocenters. The first-order chi connectivity index (χ1) is 9.72. The Hall–Kier alpha value is -2.22. The van der Waals surface area contributed by atoms with Gasteiger partial charge >= 0.3 is 0 Å². The molecule has 2 aromatic rings. The van der Waals surface area contributed by atoms with Crippen molar-refractivity contribution in [3.8, 4) is 5.95 Å². The first kappa shape index (κ1) is 12.8. The largest absolute Gasteiger partial charge is 0.368 e. The second-order valence-electron chi connectivity index (χ2n) is 4.93. The van der Waals surface area contributed by atoms with E-state index in [9.17, 15) is 0 Å². The number of nitrogen functional groups attached to an aromatic ring is 1. The van der Waals surface area contributed by atoms with Crippen LogP contribution in [-0.2, 0) is 0 Å². The predicted molar refractivity (Wildman–Crippen MR) is 75.5 cm³/mol. The summed E-state index contributed by atoms with van der Waals surface area (Å²) in [6.07, 6.45) is 5.86. The number of likely N-dealkylation sites (tertiary alicyclic amines) is 1. The molecule has 1 fully saturated rings. The molecule has 20 heavy (non-hydrogen) atoms. The van der Waals surface area contributed by atoms with Gasteiger partial charge in [-0.3, -0.25) is 0 Å². The second-order valence-corrected chi connectivity index (χ2v) is 4.93. The van der Waals surface area contributed by atoms with Gasteiger partial charge in [0.05, 0.1) is 0 Å². The van der Waals surface area contributed by atoms with E-state index in [2.05, 4.69) is 37.3 Å². The van der Waals surface area contributed by atoms with E-state index in [4.69, 9.17) is 5.73 Å². The SMILES string of the molecule is CN1CCCC1CNc1nc(N)nc(-n2cccn2)n1. The lowest BCUT2D eigenvalue weighted by Crippen LogP contribution is -2.32. The molecule has 1 aliphatic heterocycles. The molecule has 0 spiro atoms. The number of aromatic nitrogens is 5. The molecule has 1 unspecified atom stereocenters. The molecule has 8 heteroatoms. The average molecular weight is 274 g/mol. The van der Waals surface area contributed by atoms with Gasteiger partial charge in [0.15, 0.2) is 0 Å². The highest BCUT2D eigenvalue weighted by molar-refractivity contribution is 5.34. The van der Waals surface area contributed by atoms with Crippen LogP contribution in [0.25, 0.3) is 5.95 Å². The lowest BCUT2D eigenvalue weighted by molar-refractivity contribution is 0.322. The Bertz CT molecular complexity index is 567. The van der Waals surface area contributed by atoms with Crippen molar-refractivity contribution in [2.75, 3.05) is 31.2 Å². The van der Waals surface area contributed by atoms with E-state index in [0.29, 0.717) is 17.9 Å². The molecule has 2 aromatic heterocycles. The topological polar surface area (TPSA) is 97.8 Å². The molecule has 0 bridgehead atoms. The zero-order valence-corrected chi connectivity index (χ0v) is 11.4. The van der Waals surface area contributed by atoms with Crippen LogP contribution in [0.15, 0.2) is 18.5 Å². The smallest absolute Gasteiger partial charge is 0.257 e. The van der Waals surface area contributed by atoms with Crippen molar-refractivity contribution in [1.29, 1.82) is 0 Å². The van der Waals surface area contributed by atoms with Crippen molar-refractivity contribution in [2.24, 2.45) is 0 Å². The van der Waals surface area contributed by atoms with Gasteiger partial charge in [0.2, 0.25) is 11.9 Å². The Morgan fingerprint density at radius 1 is 1.40 bits per heavy atom. The molecule has 0 aromatic carbocycles. The third-order valence-electron chi connectivity index (χ3n) is 3.52. The molecular formula is C12H18N8. The number of hydrogen-bond donors (Lipinski definition) is 2. The molecule has 106 valence electrons. The van der Waals surface area contributed by atoms with Gasteiger partial charge in [-0.05, 0) is 32.5 Å². The summed E-state index contributed by atoms with van der Waals surface area (Å²) in [7, 11) is 2.14. The van der Waals surface area contributed by atoms with Gasteiger partial charge in [0.25, 0.3) is 5.95 Å². The second kappa shape index (κ2) is 5.41. The van der Waals surface area contributed by atoms with Crippen LogP contribution in [0.2, 0.25) is 0 Å². The van der Waals surface area contributed by atoms with Crippen molar-refractivity contribution in [3.05, 3.63) is 18.5 Å². The van der Waals surface area contributed by atoms with Gasteiger partial charge in [-0.25, -0.2) is 4.68 Å². The molecule has 1 aliphatic rings. The fourth-order valence-electron chi connectivity index (χ4n) is 2.40. The molecule has 3 N–H and O–H groups in total. The first-order valence-electron chi connectivity index (χ1n) is 6.68. The van der Waals surface area contributed by atoms with E-state index in [1.54, 1.807) is 23.1 Å². The summed E-state index contributed by atoms with van der Waals surface area (Å²) >= 11 is 0. The van der Waals surface area contributed by atoms with Crippen molar-refractivity contribution in [2.45, 2.75) is 18.9 Å². The van der Waals surface area contributed by atoms with E-state index >= 15 is 0 Å². The number of hydrogen-bond acceptors (Lipinski definition) is 7. The number of nitrogens with zero attached hydrogens (tertiary/aromatic N) is 6. The molecule has 1 saturated heterocycles. The Morgan fingerprint density at radius 2 is 2.30 bits per heavy atom. The van der Waals surface area contributed by atoms with Gasteiger partial charge in [-0.15, -0.1) is 0 Å². The third-order valence-corrected chi connectivity index (χ3v) is 3.52. The van der Waals surface area contributed by atoms with Gasteiger partial charge in [0, 0.05) is 25.0 Å². The Morgan fingerprint density at radius 3 is 3.00 bits per heavy atom.